The summed E-state index contributed by atoms with van der Waals surface area (Å²) in [7, 11) is 1.93. The van der Waals surface area contributed by atoms with Gasteiger partial charge >= 0.3 is 0 Å². The minimum absolute atomic E-state index is 0.144. The number of rotatable bonds is 7. The molecule has 0 radical (unpaired) electrons. The van der Waals surface area contributed by atoms with Gasteiger partial charge in [0.2, 0.25) is 5.56 Å². The number of ether oxygens (including phenoxy) is 1. The molecule has 0 saturated heterocycles. The second-order valence-electron chi connectivity index (χ2n) is 8.88. The Bertz CT molecular complexity index is 1590. The number of H-pyrrole nitrogens is 1. The molecule has 0 aliphatic rings. The van der Waals surface area contributed by atoms with Gasteiger partial charge in [0.1, 0.15) is 11.3 Å². The van der Waals surface area contributed by atoms with E-state index in [-0.39, 0.29) is 5.56 Å². The molecule has 0 saturated carbocycles. The van der Waals surface area contributed by atoms with Crippen LogP contribution < -0.4 is 16.0 Å². The van der Waals surface area contributed by atoms with Crippen molar-refractivity contribution in [3.63, 3.8) is 0 Å². The van der Waals surface area contributed by atoms with Crippen LogP contribution in [-0.2, 0) is 19.0 Å². The van der Waals surface area contributed by atoms with E-state index in [0.29, 0.717) is 18.1 Å². The highest BCUT2D eigenvalue weighted by Crippen LogP contribution is 2.36. The van der Waals surface area contributed by atoms with E-state index in [4.69, 9.17) is 22.1 Å². The van der Waals surface area contributed by atoms with Crippen molar-refractivity contribution < 1.29 is 4.74 Å². The third-order valence-corrected chi connectivity index (χ3v) is 6.76. The molecule has 5 rings (SSSR count). The van der Waals surface area contributed by atoms with Crippen LogP contribution in [0.4, 0.5) is 0 Å². The number of nitrogens with one attached hydrogen (secondary N) is 1. The second-order valence-corrected chi connectivity index (χ2v) is 9.32. The summed E-state index contributed by atoms with van der Waals surface area (Å²) in [5.41, 5.74) is 11.4. The van der Waals surface area contributed by atoms with Gasteiger partial charge < -0.3 is 20.0 Å². The van der Waals surface area contributed by atoms with E-state index in [1.807, 2.05) is 79.2 Å². The van der Waals surface area contributed by atoms with Gasteiger partial charge in [-0.2, -0.15) is 0 Å². The number of nitrogens with two attached hydrogens (primary N) is 1. The first-order valence-electron chi connectivity index (χ1n) is 11.8. The molecule has 7 heteroatoms. The molecular weight excluding hydrogens is 472 g/mol. The molecular formula is C29H27ClN4O2. The van der Waals surface area contributed by atoms with E-state index in [0.717, 1.165) is 44.6 Å². The maximum Gasteiger partial charge on any atom is 0.248 e. The molecule has 182 valence electrons. The van der Waals surface area contributed by atoms with Crippen LogP contribution in [0.25, 0.3) is 10.9 Å². The highest BCUT2D eigenvalue weighted by atomic mass is 35.5. The molecule has 2 heterocycles. The van der Waals surface area contributed by atoms with Crippen LogP contribution in [0.1, 0.15) is 34.9 Å². The van der Waals surface area contributed by atoms with Gasteiger partial charge in [0.15, 0.2) is 0 Å². The Kier molecular flexibility index (Phi) is 6.39. The van der Waals surface area contributed by atoms with Crippen molar-refractivity contribution in [1.82, 2.24) is 14.5 Å². The van der Waals surface area contributed by atoms with E-state index >= 15 is 0 Å². The predicted octanol–water partition coefficient (Wildman–Crippen LogP) is 5.16. The van der Waals surface area contributed by atoms with Gasteiger partial charge in [-0.05, 0) is 72.0 Å². The van der Waals surface area contributed by atoms with Crippen LogP contribution in [0.15, 0.2) is 90.1 Å². The number of aromatic amines is 1. The number of hydrogen-bond donors (Lipinski definition) is 2. The summed E-state index contributed by atoms with van der Waals surface area (Å²) in [6, 6.07) is 23.1. The van der Waals surface area contributed by atoms with Crippen molar-refractivity contribution >= 4 is 22.5 Å². The quantitative estimate of drug-likeness (QED) is 0.325. The molecule has 2 aromatic heterocycles. The van der Waals surface area contributed by atoms with Crippen molar-refractivity contribution in [2.45, 2.75) is 18.9 Å². The number of aryl methyl sites for hydroxylation is 1. The Hall–Kier alpha value is -3.87. The average Bonchev–Trinajstić information content (AvgIpc) is 3.30. The molecule has 1 atom stereocenters. The van der Waals surface area contributed by atoms with E-state index in [2.05, 4.69) is 16.0 Å². The molecule has 0 amide bonds. The lowest BCUT2D eigenvalue weighted by Gasteiger charge is -2.31. The fraction of sp³-hybridized carbons (Fsp3) is 0.172. The zero-order valence-electron chi connectivity index (χ0n) is 20.2. The first-order valence-corrected chi connectivity index (χ1v) is 12.2. The molecule has 1 unspecified atom stereocenters. The predicted molar refractivity (Wildman–Crippen MR) is 144 cm³/mol. The minimum Gasteiger partial charge on any atom is -0.494 e. The fourth-order valence-corrected chi connectivity index (χ4v) is 4.89. The van der Waals surface area contributed by atoms with Gasteiger partial charge in [0, 0.05) is 29.0 Å². The zero-order chi connectivity index (χ0) is 25.3. The summed E-state index contributed by atoms with van der Waals surface area (Å²) in [5, 5.41) is 1.57. The average molecular weight is 499 g/mol. The minimum atomic E-state index is -0.994. The SMILES string of the molecule is CCOc1cccc(Cc2cc(=O)[nH]c3ccc(C(N)(c4ccc(Cl)cc4)c4cncn4C)cc23)c1. The third-order valence-electron chi connectivity index (χ3n) is 6.51. The van der Waals surface area contributed by atoms with Crippen molar-refractivity contribution in [3.8, 4) is 5.75 Å². The van der Waals surface area contributed by atoms with Crippen molar-refractivity contribution in [1.29, 1.82) is 0 Å². The lowest BCUT2D eigenvalue weighted by molar-refractivity contribution is 0.340. The number of imidazole rings is 1. The molecule has 0 spiro atoms. The molecule has 36 heavy (non-hydrogen) atoms. The summed E-state index contributed by atoms with van der Waals surface area (Å²) in [6.07, 6.45) is 4.10. The molecule has 3 aromatic carbocycles. The number of hydrogen-bond acceptors (Lipinski definition) is 4. The molecule has 5 aromatic rings. The number of nitrogens with zero attached hydrogens (tertiary/aromatic N) is 2. The Labute approximate surface area is 214 Å². The summed E-state index contributed by atoms with van der Waals surface area (Å²) >= 11 is 6.18. The van der Waals surface area contributed by atoms with Gasteiger partial charge in [0.05, 0.1) is 24.8 Å². The van der Waals surface area contributed by atoms with Crippen LogP contribution >= 0.6 is 11.6 Å². The zero-order valence-corrected chi connectivity index (χ0v) is 20.9. The maximum atomic E-state index is 12.5. The van der Waals surface area contributed by atoms with E-state index in [1.54, 1.807) is 18.6 Å². The van der Waals surface area contributed by atoms with Crippen LogP contribution in [0, 0.1) is 0 Å². The van der Waals surface area contributed by atoms with E-state index in [9.17, 15) is 4.79 Å². The Balaban J connectivity index is 1.68. The summed E-state index contributed by atoms with van der Waals surface area (Å²) in [4.78, 5) is 19.8. The first-order chi connectivity index (χ1) is 17.4. The molecule has 3 N–H and O–H groups in total. The van der Waals surface area contributed by atoms with Crippen LogP contribution in [-0.4, -0.2) is 21.1 Å². The number of pyridine rings is 1. The molecule has 0 fully saturated rings. The number of fused-ring (bicyclic) bond motifs is 1. The van der Waals surface area contributed by atoms with Crippen LogP contribution in [0.2, 0.25) is 5.02 Å². The number of halogens is 1. The van der Waals surface area contributed by atoms with Crippen LogP contribution in [0.3, 0.4) is 0 Å². The molecule has 0 aliphatic carbocycles. The standard InChI is InChI=1S/C29H27ClN4O2/c1-3-36-24-6-4-5-19(14-24)13-20-15-28(35)33-26-12-9-22(16-25(20)26)29(31,27-17-32-18-34(27)2)21-7-10-23(30)11-8-21/h4-12,14-18H,3,13,31H2,1-2H3,(H,33,35). The van der Waals surface area contributed by atoms with Gasteiger partial charge in [-0.3, -0.25) is 4.79 Å². The van der Waals surface area contributed by atoms with Gasteiger partial charge in [-0.1, -0.05) is 41.9 Å². The van der Waals surface area contributed by atoms with Crippen LogP contribution in [0.5, 0.6) is 5.75 Å². The summed E-state index contributed by atoms with van der Waals surface area (Å²) < 4.78 is 7.59. The van der Waals surface area contributed by atoms with Crippen molar-refractivity contribution in [3.05, 3.63) is 129 Å². The fourth-order valence-electron chi connectivity index (χ4n) is 4.76. The summed E-state index contributed by atoms with van der Waals surface area (Å²) in [5.74, 6) is 0.810. The summed E-state index contributed by atoms with van der Waals surface area (Å²) in [6.45, 7) is 2.55. The Morgan fingerprint density at radius 1 is 1.06 bits per heavy atom. The molecule has 0 aliphatic heterocycles. The lowest BCUT2D eigenvalue weighted by Crippen LogP contribution is -2.41. The Morgan fingerprint density at radius 3 is 2.56 bits per heavy atom. The van der Waals surface area contributed by atoms with Crippen molar-refractivity contribution in [2.75, 3.05) is 6.61 Å². The second kappa shape index (κ2) is 9.64. The highest BCUT2D eigenvalue weighted by molar-refractivity contribution is 6.30. The normalized spacial score (nSPS) is 13.0. The third kappa shape index (κ3) is 4.41. The number of aromatic nitrogens is 3. The monoisotopic (exact) mass is 498 g/mol. The first kappa shape index (κ1) is 23.9. The van der Waals surface area contributed by atoms with E-state index in [1.165, 1.54) is 0 Å². The van der Waals surface area contributed by atoms with Crippen molar-refractivity contribution in [2.24, 2.45) is 12.8 Å². The largest absolute Gasteiger partial charge is 0.494 e. The number of benzene rings is 3. The van der Waals surface area contributed by atoms with Gasteiger partial charge in [0.25, 0.3) is 0 Å². The smallest absolute Gasteiger partial charge is 0.248 e. The molecule has 0 bridgehead atoms. The molecule has 6 nitrogen and oxygen atoms in total. The maximum absolute atomic E-state index is 12.5. The van der Waals surface area contributed by atoms with E-state index < -0.39 is 5.54 Å². The van der Waals surface area contributed by atoms with Gasteiger partial charge in [-0.15, -0.1) is 0 Å². The van der Waals surface area contributed by atoms with Gasteiger partial charge in [-0.25, -0.2) is 4.98 Å². The Morgan fingerprint density at radius 2 is 1.83 bits per heavy atom. The highest BCUT2D eigenvalue weighted by Gasteiger charge is 2.35. The topological polar surface area (TPSA) is 85.9 Å². The lowest BCUT2D eigenvalue weighted by atomic mass is 9.80.